The van der Waals surface area contributed by atoms with Crippen molar-refractivity contribution in [1.29, 1.82) is 0 Å². The minimum atomic E-state index is -4.71. The second-order valence-corrected chi connectivity index (χ2v) is 12.1. The lowest BCUT2D eigenvalue weighted by Crippen LogP contribution is -2.53. The lowest BCUT2D eigenvalue weighted by atomic mass is 10.0. The fourth-order valence-corrected chi connectivity index (χ4v) is 5.36. The molecule has 0 aliphatic carbocycles. The van der Waals surface area contributed by atoms with Gasteiger partial charge in [-0.15, -0.1) is 0 Å². The maximum absolute atomic E-state index is 14.0. The van der Waals surface area contributed by atoms with E-state index in [1.165, 1.54) is 11.0 Å². The van der Waals surface area contributed by atoms with Crippen molar-refractivity contribution in [3.8, 4) is 0 Å². The smallest absolute Gasteiger partial charge is 0.354 e. The molecule has 0 bridgehead atoms. The number of carbonyl (C=O) groups is 2. The van der Waals surface area contributed by atoms with Gasteiger partial charge in [0, 0.05) is 19.5 Å². The fourth-order valence-electron chi connectivity index (χ4n) is 4.52. The van der Waals surface area contributed by atoms with Crippen LogP contribution in [-0.2, 0) is 38.8 Å². The molecule has 0 saturated heterocycles. The van der Waals surface area contributed by atoms with Gasteiger partial charge in [-0.1, -0.05) is 79.6 Å². The van der Waals surface area contributed by atoms with Crippen LogP contribution in [0.1, 0.15) is 42.0 Å². The van der Waals surface area contributed by atoms with Crippen molar-refractivity contribution >= 4 is 27.5 Å². The zero-order valence-electron chi connectivity index (χ0n) is 23.9. The number of halogens is 3. The summed E-state index contributed by atoms with van der Waals surface area (Å²) in [6, 6.07) is 19.2. The van der Waals surface area contributed by atoms with E-state index in [2.05, 4.69) is 5.32 Å². The normalized spacial score (nSPS) is 12.4. The van der Waals surface area contributed by atoms with Gasteiger partial charge in [0.2, 0.25) is 21.8 Å². The SMILES string of the molecule is CCCCNC(=O)[C@@H](Cc1ccccc1)N(Cc1cccc(C)c1)C(=O)CN(c1cccc(C(F)(F)F)c1)S(C)(=O)=O. The quantitative estimate of drug-likeness (QED) is 0.268. The first-order chi connectivity index (χ1) is 19.8. The van der Waals surface area contributed by atoms with Crippen molar-refractivity contribution in [2.24, 2.45) is 0 Å². The highest BCUT2D eigenvalue weighted by atomic mass is 32.2. The van der Waals surface area contributed by atoms with E-state index in [1.807, 2.05) is 62.4 Å². The summed E-state index contributed by atoms with van der Waals surface area (Å²) in [7, 11) is -4.19. The standard InChI is InChI=1S/C31H36F3N3O4S/c1-4-5-17-35-30(39)28(19-24-12-7-6-8-13-24)36(21-25-14-9-11-23(2)18-25)29(38)22-37(42(3,40)41)27-16-10-15-26(20-27)31(32,33)34/h6-16,18,20,28H,4-5,17,19,21-22H2,1-3H3,(H,35,39)/t28-/m1/s1. The number of anilines is 1. The minimum absolute atomic E-state index is 0.0145. The Bertz CT molecular complexity index is 1460. The Morgan fingerprint density at radius 3 is 2.21 bits per heavy atom. The Kier molecular flexibility index (Phi) is 11.2. The molecule has 0 spiro atoms. The van der Waals surface area contributed by atoms with E-state index in [1.54, 1.807) is 6.07 Å². The van der Waals surface area contributed by atoms with Gasteiger partial charge in [-0.25, -0.2) is 8.42 Å². The lowest BCUT2D eigenvalue weighted by molar-refractivity contribution is -0.140. The minimum Gasteiger partial charge on any atom is -0.354 e. The van der Waals surface area contributed by atoms with Gasteiger partial charge in [0.1, 0.15) is 12.6 Å². The molecule has 3 aromatic rings. The van der Waals surface area contributed by atoms with Crippen LogP contribution in [0.3, 0.4) is 0 Å². The molecule has 0 heterocycles. The Balaban J connectivity index is 2.06. The number of rotatable bonds is 13. The summed E-state index contributed by atoms with van der Waals surface area (Å²) in [5.41, 5.74) is 1.08. The third-order valence-electron chi connectivity index (χ3n) is 6.68. The van der Waals surface area contributed by atoms with Gasteiger partial charge in [0.15, 0.2) is 0 Å². The molecule has 11 heteroatoms. The molecule has 0 saturated carbocycles. The van der Waals surface area contributed by atoms with Crippen molar-refractivity contribution < 1.29 is 31.2 Å². The first-order valence-electron chi connectivity index (χ1n) is 13.6. The largest absolute Gasteiger partial charge is 0.416 e. The molecular formula is C31H36F3N3O4S. The maximum atomic E-state index is 14.0. The molecule has 3 rings (SSSR count). The number of hydrogen-bond acceptors (Lipinski definition) is 4. The van der Waals surface area contributed by atoms with Crippen LogP contribution in [0, 0.1) is 6.92 Å². The number of aryl methyl sites for hydroxylation is 1. The Morgan fingerprint density at radius 1 is 0.929 bits per heavy atom. The predicted octanol–water partition coefficient (Wildman–Crippen LogP) is 5.34. The van der Waals surface area contributed by atoms with Gasteiger partial charge < -0.3 is 10.2 Å². The van der Waals surface area contributed by atoms with Crippen LogP contribution >= 0.6 is 0 Å². The summed E-state index contributed by atoms with van der Waals surface area (Å²) >= 11 is 0. The van der Waals surface area contributed by atoms with Gasteiger partial charge in [-0.3, -0.25) is 13.9 Å². The number of unbranched alkanes of at least 4 members (excludes halogenated alkanes) is 1. The summed E-state index contributed by atoms with van der Waals surface area (Å²) in [4.78, 5) is 28.9. The Hall–Kier alpha value is -3.86. The highest BCUT2D eigenvalue weighted by Gasteiger charge is 2.35. The van der Waals surface area contributed by atoms with Crippen LogP contribution in [0.15, 0.2) is 78.9 Å². The van der Waals surface area contributed by atoms with Crippen LogP contribution in [0.25, 0.3) is 0 Å². The van der Waals surface area contributed by atoms with Crippen molar-refractivity contribution in [2.75, 3.05) is 23.7 Å². The molecule has 0 aliphatic rings. The molecular weight excluding hydrogens is 567 g/mol. The average Bonchev–Trinajstić information content (AvgIpc) is 2.93. The fraction of sp³-hybridized carbons (Fsp3) is 0.355. The van der Waals surface area contributed by atoms with Gasteiger partial charge >= 0.3 is 6.18 Å². The van der Waals surface area contributed by atoms with Crippen molar-refractivity contribution in [1.82, 2.24) is 10.2 Å². The van der Waals surface area contributed by atoms with Crippen LogP contribution in [-0.4, -0.2) is 50.5 Å². The van der Waals surface area contributed by atoms with Crippen LogP contribution in [0.5, 0.6) is 0 Å². The molecule has 0 fully saturated rings. The molecule has 0 aliphatic heterocycles. The van der Waals surface area contributed by atoms with E-state index in [9.17, 15) is 31.2 Å². The van der Waals surface area contributed by atoms with Crippen molar-refractivity contribution in [3.63, 3.8) is 0 Å². The lowest BCUT2D eigenvalue weighted by Gasteiger charge is -2.33. The highest BCUT2D eigenvalue weighted by Crippen LogP contribution is 2.32. The van der Waals surface area contributed by atoms with E-state index in [4.69, 9.17) is 0 Å². The molecule has 7 nitrogen and oxygen atoms in total. The van der Waals surface area contributed by atoms with E-state index < -0.39 is 46.2 Å². The summed E-state index contributed by atoms with van der Waals surface area (Å²) < 4.78 is 66.6. The number of alkyl halides is 3. The second-order valence-electron chi connectivity index (χ2n) is 10.2. The molecule has 1 atom stereocenters. The average molecular weight is 604 g/mol. The first kappa shape index (κ1) is 32.7. The van der Waals surface area contributed by atoms with Crippen LogP contribution in [0.4, 0.5) is 18.9 Å². The number of carbonyl (C=O) groups excluding carboxylic acids is 2. The summed E-state index contributed by atoms with van der Waals surface area (Å²) in [6.45, 7) is 3.45. The molecule has 226 valence electrons. The summed E-state index contributed by atoms with van der Waals surface area (Å²) in [6.07, 6.45) is -2.16. The number of hydrogen-bond donors (Lipinski definition) is 1. The molecule has 1 N–H and O–H groups in total. The summed E-state index contributed by atoms with van der Waals surface area (Å²) in [5, 5.41) is 2.89. The zero-order chi connectivity index (χ0) is 30.9. The molecule has 0 aromatic heterocycles. The van der Waals surface area contributed by atoms with Gasteiger partial charge in [-0.05, 0) is 42.7 Å². The molecule has 42 heavy (non-hydrogen) atoms. The Morgan fingerprint density at radius 2 is 1.60 bits per heavy atom. The van der Waals surface area contributed by atoms with Gasteiger partial charge in [0.05, 0.1) is 17.5 Å². The molecule has 3 aromatic carbocycles. The Labute approximate surface area is 245 Å². The third-order valence-corrected chi connectivity index (χ3v) is 7.82. The number of nitrogens with zero attached hydrogens (tertiary/aromatic N) is 2. The summed E-state index contributed by atoms with van der Waals surface area (Å²) in [5.74, 6) is -1.14. The molecule has 2 amide bonds. The van der Waals surface area contributed by atoms with Gasteiger partial charge in [0.25, 0.3) is 0 Å². The van der Waals surface area contributed by atoms with Crippen LogP contribution < -0.4 is 9.62 Å². The van der Waals surface area contributed by atoms with Gasteiger partial charge in [-0.2, -0.15) is 13.2 Å². The number of amides is 2. The number of sulfonamides is 1. The van der Waals surface area contributed by atoms with Crippen molar-refractivity contribution in [2.45, 2.75) is 51.9 Å². The highest BCUT2D eigenvalue weighted by molar-refractivity contribution is 7.92. The first-order valence-corrected chi connectivity index (χ1v) is 15.5. The second kappa shape index (κ2) is 14.4. The molecule has 0 unspecified atom stereocenters. The monoisotopic (exact) mass is 603 g/mol. The van der Waals surface area contributed by atoms with Crippen molar-refractivity contribution in [3.05, 3.63) is 101 Å². The zero-order valence-corrected chi connectivity index (χ0v) is 24.7. The topological polar surface area (TPSA) is 86.8 Å². The third kappa shape index (κ3) is 9.34. The van der Waals surface area contributed by atoms with E-state index in [-0.39, 0.29) is 18.7 Å². The number of nitrogens with one attached hydrogen (secondary N) is 1. The van der Waals surface area contributed by atoms with E-state index >= 15 is 0 Å². The number of benzene rings is 3. The van der Waals surface area contributed by atoms with Crippen LogP contribution in [0.2, 0.25) is 0 Å². The maximum Gasteiger partial charge on any atom is 0.416 e. The molecule has 0 radical (unpaired) electrons. The van der Waals surface area contributed by atoms with E-state index in [0.29, 0.717) is 22.5 Å². The van der Waals surface area contributed by atoms with E-state index in [0.717, 1.165) is 42.4 Å². The predicted molar refractivity (Wildman–Crippen MR) is 157 cm³/mol.